The van der Waals surface area contributed by atoms with Crippen LogP contribution in [0, 0.1) is 17.3 Å². The molecule has 4 atom stereocenters. The van der Waals surface area contributed by atoms with Gasteiger partial charge in [0.2, 0.25) is 5.91 Å². The van der Waals surface area contributed by atoms with E-state index in [1.165, 1.54) is 12.8 Å². The average Bonchev–Trinajstić information content (AvgIpc) is 2.67. The van der Waals surface area contributed by atoms with Crippen LogP contribution in [0.1, 0.15) is 32.6 Å². The molecule has 3 rings (SSSR count). The molecule has 3 aliphatic rings. The number of carbonyl (C=O) groups is 1. The Bertz CT molecular complexity index is 338. The predicted molar refractivity (Wildman–Crippen MR) is 73.8 cm³/mol. The summed E-state index contributed by atoms with van der Waals surface area (Å²) in [5, 5.41) is 3.38. The van der Waals surface area contributed by atoms with E-state index in [1.54, 1.807) is 0 Å². The number of nitrogens with zero attached hydrogens (tertiary/aromatic N) is 1. The zero-order valence-electron chi connectivity index (χ0n) is 12.2. The monoisotopic (exact) mass is 266 g/mol. The highest BCUT2D eigenvalue weighted by Crippen LogP contribution is 2.40. The van der Waals surface area contributed by atoms with Crippen LogP contribution in [0.3, 0.4) is 0 Å². The third kappa shape index (κ3) is 2.29. The fourth-order valence-corrected chi connectivity index (χ4v) is 4.34. The van der Waals surface area contributed by atoms with E-state index < -0.39 is 0 Å². The van der Waals surface area contributed by atoms with Crippen LogP contribution in [0.25, 0.3) is 0 Å². The summed E-state index contributed by atoms with van der Waals surface area (Å²) in [6, 6.07) is 0. The molecule has 19 heavy (non-hydrogen) atoms. The van der Waals surface area contributed by atoms with Gasteiger partial charge in [-0.05, 0) is 39.2 Å². The lowest BCUT2D eigenvalue weighted by atomic mass is 9.80. The van der Waals surface area contributed by atoms with Crippen LogP contribution in [0.15, 0.2) is 0 Å². The molecule has 1 amide bonds. The zero-order chi connectivity index (χ0) is 13.5. The first kappa shape index (κ1) is 13.4. The standard InChI is InChI=1S/C15H26N2O2/c1-15(6-3-7-16-10-15)14(18)17-8-11-4-5-12(9-17)13(11)19-2/h11-13,16H,3-10H2,1-2H3/t11-,12+,13?,15-/m0/s1. The molecule has 4 nitrogen and oxygen atoms in total. The van der Waals surface area contributed by atoms with Crippen molar-refractivity contribution in [3.63, 3.8) is 0 Å². The molecular weight excluding hydrogens is 240 g/mol. The first-order valence-electron chi connectivity index (χ1n) is 7.67. The molecule has 1 unspecified atom stereocenters. The summed E-state index contributed by atoms with van der Waals surface area (Å²) < 4.78 is 5.63. The van der Waals surface area contributed by atoms with Crippen LogP contribution < -0.4 is 5.32 Å². The molecule has 108 valence electrons. The molecule has 0 radical (unpaired) electrons. The number of ether oxygens (including phenoxy) is 1. The normalized spacial score (nSPS) is 42.4. The Morgan fingerprint density at radius 3 is 2.53 bits per heavy atom. The van der Waals surface area contributed by atoms with Crippen LogP contribution >= 0.6 is 0 Å². The number of nitrogens with one attached hydrogen (secondary N) is 1. The number of amides is 1. The summed E-state index contributed by atoms with van der Waals surface area (Å²) in [6.45, 7) is 5.84. The highest BCUT2D eigenvalue weighted by atomic mass is 16.5. The van der Waals surface area contributed by atoms with Crippen molar-refractivity contribution in [2.45, 2.75) is 38.7 Å². The Morgan fingerprint density at radius 1 is 1.32 bits per heavy atom. The van der Waals surface area contributed by atoms with Crippen LogP contribution in [0.4, 0.5) is 0 Å². The minimum absolute atomic E-state index is 0.183. The van der Waals surface area contributed by atoms with Crippen molar-refractivity contribution in [2.75, 3.05) is 33.3 Å². The Labute approximate surface area is 115 Å². The lowest BCUT2D eigenvalue weighted by Crippen LogP contribution is -2.55. The number of piperidine rings is 2. The van der Waals surface area contributed by atoms with E-state index in [2.05, 4.69) is 17.1 Å². The summed E-state index contributed by atoms with van der Waals surface area (Å²) in [5.41, 5.74) is -0.183. The summed E-state index contributed by atoms with van der Waals surface area (Å²) in [6.07, 6.45) is 4.98. The van der Waals surface area contributed by atoms with Crippen molar-refractivity contribution in [1.82, 2.24) is 10.2 Å². The van der Waals surface area contributed by atoms with Gasteiger partial charge in [-0.25, -0.2) is 0 Å². The smallest absolute Gasteiger partial charge is 0.229 e. The number of likely N-dealkylation sites (tertiary alicyclic amines) is 1. The fourth-order valence-electron chi connectivity index (χ4n) is 4.34. The number of rotatable bonds is 2. The second kappa shape index (κ2) is 5.06. The lowest BCUT2D eigenvalue weighted by Gasteiger charge is -2.42. The zero-order valence-corrected chi connectivity index (χ0v) is 12.2. The van der Waals surface area contributed by atoms with Crippen LogP contribution in [0.5, 0.6) is 0 Å². The van der Waals surface area contributed by atoms with E-state index in [0.29, 0.717) is 23.8 Å². The Balaban J connectivity index is 1.69. The molecular formula is C15H26N2O2. The maximum absolute atomic E-state index is 12.8. The molecule has 1 aliphatic carbocycles. The van der Waals surface area contributed by atoms with E-state index in [1.807, 2.05) is 7.11 Å². The van der Waals surface area contributed by atoms with Crippen molar-refractivity contribution in [1.29, 1.82) is 0 Å². The number of fused-ring (bicyclic) bond motifs is 2. The van der Waals surface area contributed by atoms with Crippen molar-refractivity contribution < 1.29 is 9.53 Å². The number of hydrogen-bond donors (Lipinski definition) is 1. The van der Waals surface area contributed by atoms with Gasteiger partial charge in [-0.2, -0.15) is 0 Å². The molecule has 0 spiro atoms. The molecule has 2 heterocycles. The highest BCUT2D eigenvalue weighted by Gasteiger charge is 2.46. The molecule has 2 saturated heterocycles. The minimum Gasteiger partial charge on any atom is -0.381 e. The Morgan fingerprint density at radius 2 is 2.00 bits per heavy atom. The largest absolute Gasteiger partial charge is 0.381 e. The lowest BCUT2D eigenvalue weighted by molar-refractivity contribution is -0.147. The van der Waals surface area contributed by atoms with Crippen molar-refractivity contribution in [2.24, 2.45) is 17.3 Å². The average molecular weight is 266 g/mol. The van der Waals surface area contributed by atoms with E-state index in [-0.39, 0.29) is 5.41 Å². The molecule has 1 saturated carbocycles. The molecule has 0 aromatic carbocycles. The predicted octanol–water partition coefficient (Wildman–Crippen LogP) is 1.26. The minimum atomic E-state index is -0.183. The molecule has 1 N–H and O–H groups in total. The van der Waals surface area contributed by atoms with Gasteiger partial charge in [0.15, 0.2) is 0 Å². The molecule has 3 fully saturated rings. The van der Waals surface area contributed by atoms with E-state index in [4.69, 9.17) is 4.74 Å². The second-order valence-electron chi connectivity index (χ2n) is 6.85. The summed E-state index contributed by atoms with van der Waals surface area (Å²) in [4.78, 5) is 15.0. The fraction of sp³-hybridized carbons (Fsp3) is 0.933. The quantitative estimate of drug-likeness (QED) is 0.818. The van der Waals surface area contributed by atoms with Gasteiger partial charge in [-0.1, -0.05) is 0 Å². The van der Waals surface area contributed by atoms with Crippen molar-refractivity contribution >= 4 is 5.91 Å². The van der Waals surface area contributed by atoms with Gasteiger partial charge in [-0.15, -0.1) is 0 Å². The molecule has 0 aromatic heterocycles. The number of methoxy groups -OCH3 is 1. The van der Waals surface area contributed by atoms with E-state index in [0.717, 1.165) is 39.0 Å². The molecule has 4 heteroatoms. The highest BCUT2D eigenvalue weighted by molar-refractivity contribution is 5.83. The van der Waals surface area contributed by atoms with E-state index >= 15 is 0 Å². The molecule has 2 bridgehead atoms. The third-order valence-corrected chi connectivity index (χ3v) is 5.42. The van der Waals surface area contributed by atoms with E-state index in [9.17, 15) is 4.79 Å². The first-order chi connectivity index (χ1) is 9.14. The molecule has 0 aromatic rings. The van der Waals surface area contributed by atoms with Crippen LogP contribution in [-0.2, 0) is 9.53 Å². The summed E-state index contributed by atoms with van der Waals surface area (Å²) in [7, 11) is 1.82. The van der Waals surface area contributed by atoms with Gasteiger partial charge >= 0.3 is 0 Å². The Kier molecular flexibility index (Phi) is 3.56. The van der Waals surface area contributed by atoms with Gasteiger partial charge in [0.05, 0.1) is 11.5 Å². The molecule has 2 aliphatic heterocycles. The summed E-state index contributed by atoms with van der Waals surface area (Å²) in [5.74, 6) is 1.49. The van der Waals surface area contributed by atoms with Gasteiger partial charge in [0.1, 0.15) is 0 Å². The maximum Gasteiger partial charge on any atom is 0.229 e. The Hall–Kier alpha value is -0.610. The number of hydrogen-bond acceptors (Lipinski definition) is 3. The van der Waals surface area contributed by atoms with Crippen molar-refractivity contribution in [3.05, 3.63) is 0 Å². The van der Waals surface area contributed by atoms with Gasteiger partial charge in [0, 0.05) is 38.6 Å². The van der Waals surface area contributed by atoms with Crippen LogP contribution in [-0.4, -0.2) is 50.2 Å². The topological polar surface area (TPSA) is 41.6 Å². The second-order valence-corrected chi connectivity index (χ2v) is 6.85. The van der Waals surface area contributed by atoms with Crippen molar-refractivity contribution in [3.8, 4) is 0 Å². The van der Waals surface area contributed by atoms with Gasteiger partial charge in [0.25, 0.3) is 0 Å². The summed E-state index contributed by atoms with van der Waals surface area (Å²) >= 11 is 0. The number of carbonyl (C=O) groups excluding carboxylic acids is 1. The van der Waals surface area contributed by atoms with Gasteiger partial charge < -0.3 is 15.0 Å². The first-order valence-corrected chi connectivity index (χ1v) is 7.67. The maximum atomic E-state index is 12.8. The van der Waals surface area contributed by atoms with Gasteiger partial charge in [-0.3, -0.25) is 4.79 Å². The third-order valence-electron chi connectivity index (χ3n) is 5.42. The SMILES string of the molecule is COC1[C@@H]2CC[C@H]1CN(C(=O)[C@@]1(C)CCCNC1)C2. The van der Waals surface area contributed by atoms with Crippen LogP contribution in [0.2, 0.25) is 0 Å².